The number of ether oxygens (including phenoxy) is 1. The fourth-order valence-electron chi connectivity index (χ4n) is 1.29. The van der Waals surface area contributed by atoms with E-state index < -0.39 is 0 Å². The molecule has 2 N–H and O–H groups in total. The van der Waals surface area contributed by atoms with Gasteiger partial charge in [-0.3, -0.25) is 4.79 Å². The second-order valence-electron chi connectivity index (χ2n) is 4.27. The van der Waals surface area contributed by atoms with Crippen molar-refractivity contribution in [2.45, 2.75) is 40.2 Å². The van der Waals surface area contributed by atoms with E-state index >= 15 is 0 Å². The zero-order valence-corrected chi connectivity index (χ0v) is 12.4. The molecule has 110 valence electrons. The summed E-state index contributed by atoms with van der Waals surface area (Å²) in [4.78, 5) is 10.4. The average molecular weight is 278 g/mol. The molecule has 0 radical (unpaired) electrons. The van der Waals surface area contributed by atoms with Crippen molar-refractivity contribution in [3.8, 4) is 11.8 Å². The predicted molar refractivity (Wildman–Crippen MR) is 78.5 cm³/mol. The highest BCUT2D eigenvalue weighted by Crippen LogP contribution is 2.20. The quantitative estimate of drug-likeness (QED) is 0.827. The molecule has 5 nitrogen and oxygen atoms in total. The van der Waals surface area contributed by atoms with E-state index in [1.54, 1.807) is 25.1 Å². The van der Waals surface area contributed by atoms with E-state index in [-0.39, 0.29) is 17.8 Å². The van der Waals surface area contributed by atoms with Crippen molar-refractivity contribution in [3.05, 3.63) is 23.8 Å². The number of esters is 1. The molecule has 0 heterocycles. The third-order valence-electron chi connectivity index (χ3n) is 2.15. The van der Waals surface area contributed by atoms with Crippen LogP contribution in [-0.4, -0.2) is 23.7 Å². The molecule has 0 unspecified atom stereocenters. The topological polar surface area (TPSA) is 82.3 Å². The number of nitriles is 1. The smallest absolute Gasteiger partial charge is 0.305 e. The lowest BCUT2D eigenvalue weighted by atomic mass is 10.2. The molecular formula is C15H22N2O3. The largest absolute Gasteiger partial charge is 0.506 e. The summed E-state index contributed by atoms with van der Waals surface area (Å²) in [5.74, 6) is -0.101. The molecule has 20 heavy (non-hydrogen) atoms. The lowest BCUT2D eigenvalue weighted by Gasteiger charge is -2.04. The van der Waals surface area contributed by atoms with Gasteiger partial charge in [-0.2, -0.15) is 5.26 Å². The Hall–Kier alpha value is -2.22. The zero-order valence-electron chi connectivity index (χ0n) is 12.4. The number of rotatable bonds is 4. The Kier molecular flexibility index (Phi) is 8.60. The standard InChI is InChI=1S/C9H10N2O.C6H12O2/c1-2-11-8-4-3-7(6-10)9(12)5-8;1-4-6(7)8-5(2)3/h3-5,11-12H,2H2,1H3;5H,4H2,1-3H3. The number of phenols is 1. The first kappa shape index (κ1) is 17.8. The van der Waals surface area contributed by atoms with Crippen LogP contribution in [0.4, 0.5) is 5.69 Å². The number of carbonyl (C=O) groups excluding carboxylic acids is 1. The van der Waals surface area contributed by atoms with Crippen molar-refractivity contribution in [2.24, 2.45) is 0 Å². The summed E-state index contributed by atoms with van der Waals surface area (Å²) >= 11 is 0. The van der Waals surface area contributed by atoms with Crippen molar-refractivity contribution in [2.75, 3.05) is 11.9 Å². The van der Waals surface area contributed by atoms with Crippen LogP contribution in [0.25, 0.3) is 0 Å². The average Bonchev–Trinajstić information content (AvgIpc) is 2.39. The van der Waals surface area contributed by atoms with Gasteiger partial charge in [0.05, 0.1) is 11.7 Å². The summed E-state index contributed by atoms with van der Waals surface area (Å²) in [6.45, 7) is 8.23. The minimum Gasteiger partial charge on any atom is -0.506 e. The van der Waals surface area contributed by atoms with Crippen LogP contribution in [0.15, 0.2) is 18.2 Å². The zero-order chi connectivity index (χ0) is 15.5. The third kappa shape index (κ3) is 7.27. The van der Waals surface area contributed by atoms with Crippen molar-refractivity contribution in [1.82, 2.24) is 0 Å². The maximum atomic E-state index is 10.4. The van der Waals surface area contributed by atoms with Crippen molar-refractivity contribution >= 4 is 11.7 Å². The van der Waals surface area contributed by atoms with Gasteiger partial charge in [-0.05, 0) is 32.9 Å². The van der Waals surface area contributed by atoms with Gasteiger partial charge in [0.25, 0.3) is 0 Å². The molecule has 0 spiro atoms. The first-order chi connectivity index (χ1) is 9.44. The molecule has 0 saturated heterocycles. The predicted octanol–water partition coefficient (Wildman–Crippen LogP) is 3.04. The summed E-state index contributed by atoms with van der Waals surface area (Å²) in [6.07, 6.45) is 0.500. The Morgan fingerprint density at radius 2 is 2.10 bits per heavy atom. The van der Waals surface area contributed by atoms with Gasteiger partial charge in [0.15, 0.2) is 0 Å². The van der Waals surface area contributed by atoms with Crippen molar-refractivity contribution < 1.29 is 14.6 Å². The Morgan fingerprint density at radius 3 is 2.45 bits per heavy atom. The van der Waals surface area contributed by atoms with E-state index in [1.165, 1.54) is 0 Å². The summed E-state index contributed by atoms with van der Waals surface area (Å²) in [5, 5.41) is 20.8. The van der Waals surface area contributed by atoms with E-state index in [0.29, 0.717) is 12.0 Å². The summed E-state index contributed by atoms with van der Waals surface area (Å²) in [7, 11) is 0. The van der Waals surface area contributed by atoms with Crippen LogP contribution in [0.1, 0.15) is 39.7 Å². The molecular weight excluding hydrogens is 256 g/mol. The fourth-order valence-corrected chi connectivity index (χ4v) is 1.29. The number of hydrogen-bond acceptors (Lipinski definition) is 5. The monoisotopic (exact) mass is 278 g/mol. The van der Waals surface area contributed by atoms with Crippen LogP contribution >= 0.6 is 0 Å². The lowest BCUT2D eigenvalue weighted by molar-refractivity contribution is -0.146. The second kappa shape index (κ2) is 9.68. The molecule has 0 aliphatic heterocycles. The van der Waals surface area contributed by atoms with Gasteiger partial charge in [-0.25, -0.2) is 0 Å². The molecule has 0 saturated carbocycles. The number of benzene rings is 1. The number of anilines is 1. The van der Waals surface area contributed by atoms with Gasteiger partial charge >= 0.3 is 5.97 Å². The molecule has 0 aliphatic rings. The normalized spacial score (nSPS) is 9.20. The van der Waals surface area contributed by atoms with E-state index in [4.69, 9.17) is 10.00 Å². The molecule has 1 rings (SSSR count). The molecule has 1 aromatic carbocycles. The second-order valence-corrected chi connectivity index (χ2v) is 4.27. The van der Waals surface area contributed by atoms with Crippen LogP contribution in [-0.2, 0) is 9.53 Å². The number of nitrogens with one attached hydrogen (secondary N) is 1. The van der Waals surface area contributed by atoms with Crippen molar-refractivity contribution in [3.63, 3.8) is 0 Å². The Morgan fingerprint density at radius 1 is 1.45 bits per heavy atom. The van der Waals surface area contributed by atoms with Crippen LogP contribution in [0.3, 0.4) is 0 Å². The summed E-state index contributed by atoms with van der Waals surface area (Å²) in [6, 6.07) is 6.79. The molecule has 0 atom stereocenters. The highest BCUT2D eigenvalue weighted by Gasteiger charge is 2.00. The summed E-state index contributed by atoms with van der Waals surface area (Å²) < 4.78 is 4.76. The Bertz CT molecular complexity index is 465. The van der Waals surface area contributed by atoms with Gasteiger partial charge in [0, 0.05) is 24.7 Å². The van der Waals surface area contributed by atoms with Crippen LogP contribution in [0.5, 0.6) is 5.75 Å². The number of phenolic OH excluding ortho intramolecular Hbond substituents is 1. The number of aromatic hydroxyl groups is 1. The van der Waals surface area contributed by atoms with Crippen molar-refractivity contribution in [1.29, 1.82) is 5.26 Å². The molecule has 0 fully saturated rings. The molecule has 0 aliphatic carbocycles. The van der Waals surface area contributed by atoms with E-state index in [2.05, 4.69) is 5.32 Å². The lowest BCUT2D eigenvalue weighted by Crippen LogP contribution is -2.09. The van der Waals surface area contributed by atoms with Crippen LogP contribution in [0, 0.1) is 11.3 Å². The fraction of sp³-hybridized carbons (Fsp3) is 0.467. The van der Waals surface area contributed by atoms with E-state index in [1.807, 2.05) is 26.8 Å². The first-order valence-electron chi connectivity index (χ1n) is 6.61. The highest BCUT2D eigenvalue weighted by atomic mass is 16.5. The third-order valence-corrected chi connectivity index (χ3v) is 2.15. The maximum Gasteiger partial charge on any atom is 0.305 e. The number of nitrogens with zero attached hydrogens (tertiary/aromatic N) is 1. The maximum absolute atomic E-state index is 10.4. The van der Waals surface area contributed by atoms with Gasteiger partial charge < -0.3 is 15.2 Å². The molecule has 1 aromatic rings. The first-order valence-corrected chi connectivity index (χ1v) is 6.61. The molecule has 0 amide bonds. The number of hydrogen-bond donors (Lipinski definition) is 2. The van der Waals surface area contributed by atoms with E-state index in [0.717, 1.165) is 12.2 Å². The van der Waals surface area contributed by atoms with Crippen LogP contribution in [0.2, 0.25) is 0 Å². The minimum absolute atomic E-state index is 0.0240. The summed E-state index contributed by atoms with van der Waals surface area (Å²) in [5.41, 5.74) is 1.13. The molecule has 0 aromatic heterocycles. The minimum atomic E-state index is -0.125. The molecule has 5 heteroatoms. The SMILES string of the molecule is CCC(=O)OC(C)C.CCNc1ccc(C#N)c(O)c1. The van der Waals surface area contributed by atoms with Gasteiger partial charge in [0.2, 0.25) is 0 Å². The molecule has 0 bridgehead atoms. The van der Waals surface area contributed by atoms with Gasteiger partial charge in [-0.15, -0.1) is 0 Å². The highest BCUT2D eigenvalue weighted by molar-refractivity contribution is 5.68. The Balaban J connectivity index is 0.000000396. The van der Waals surface area contributed by atoms with Gasteiger partial charge in [-0.1, -0.05) is 6.92 Å². The number of carbonyl (C=O) groups is 1. The Labute approximate surface area is 120 Å². The van der Waals surface area contributed by atoms with Crippen LogP contribution < -0.4 is 5.32 Å². The van der Waals surface area contributed by atoms with E-state index in [9.17, 15) is 9.90 Å². The van der Waals surface area contributed by atoms with Gasteiger partial charge in [0.1, 0.15) is 11.8 Å².